The van der Waals surface area contributed by atoms with Gasteiger partial charge < -0.3 is 21.1 Å². The van der Waals surface area contributed by atoms with E-state index in [4.69, 9.17) is 33.7 Å². The van der Waals surface area contributed by atoms with E-state index >= 15 is 0 Å². The number of nitrogens with two attached hydrogens (primary N) is 1. The van der Waals surface area contributed by atoms with Crippen molar-refractivity contribution in [2.24, 2.45) is 11.7 Å². The third kappa shape index (κ3) is 7.55. The summed E-state index contributed by atoms with van der Waals surface area (Å²) in [5.74, 6) is 0.333. The molecule has 0 aromatic heterocycles. The molecule has 5 nitrogen and oxygen atoms in total. The number of halogens is 2. The number of ether oxygens (including phenoxy) is 1. The van der Waals surface area contributed by atoms with Crippen molar-refractivity contribution in [3.05, 3.63) is 34.3 Å². The van der Waals surface area contributed by atoms with Crippen LogP contribution in [-0.4, -0.2) is 38.9 Å². The summed E-state index contributed by atoms with van der Waals surface area (Å²) in [5.41, 5.74) is 4.94. The highest BCUT2D eigenvalue weighted by Gasteiger charge is 2.11. The zero-order chi connectivity index (χ0) is 14.8. The average molecular weight is 320 g/mol. The second kappa shape index (κ2) is 9.83. The Morgan fingerprint density at radius 2 is 2.05 bits per heavy atom. The molecule has 1 aromatic rings. The average Bonchev–Trinajstić information content (AvgIpc) is 2.69. The van der Waals surface area contributed by atoms with Crippen LogP contribution in [0, 0.1) is 5.92 Å². The van der Waals surface area contributed by atoms with E-state index in [0.717, 1.165) is 19.7 Å². The molecule has 0 aliphatic carbocycles. The molecule has 1 fully saturated rings. The molecule has 0 saturated carbocycles. The maximum atomic E-state index is 10.4. The SMILES string of the molecule is Clc1ccccc1Cl.NC(=O)NCC1CNCCOC1. The largest absolute Gasteiger partial charge is 0.380 e. The highest BCUT2D eigenvalue weighted by atomic mass is 35.5. The lowest BCUT2D eigenvalue weighted by atomic mass is 10.1. The number of nitrogens with one attached hydrogen (secondary N) is 2. The number of primary amides is 1. The Kier molecular flexibility index (Phi) is 8.37. The molecule has 1 atom stereocenters. The maximum Gasteiger partial charge on any atom is 0.312 e. The fourth-order valence-corrected chi connectivity index (χ4v) is 1.85. The van der Waals surface area contributed by atoms with Gasteiger partial charge in [0.05, 0.1) is 23.3 Å². The van der Waals surface area contributed by atoms with E-state index in [0.29, 0.717) is 29.1 Å². The summed E-state index contributed by atoms with van der Waals surface area (Å²) in [6, 6.07) is 6.72. The summed E-state index contributed by atoms with van der Waals surface area (Å²) in [6.07, 6.45) is 0. The number of hydrogen-bond donors (Lipinski definition) is 3. The Morgan fingerprint density at radius 3 is 2.60 bits per heavy atom. The van der Waals surface area contributed by atoms with Crippen LogP contribution in [0.1, 0.15) is 0 Å². The van der Waals surface area contributed by atoms with Gasteiger partial charge in [0.1, 0.15) is 0 Å². The van der Waals surface area contributed by atoms with E-state index in [1.807, 2.05) is 12.1 Å². The molecule has 2 amide bonds. The number of amides is 2. The quantitative estimate of drug-likeness (QED) is 0.779. The van der Waals surface area contributed by atoms with Gasteiger partial charge in [-0.2, -0.15) is 0 Å². The zero-order valence-electron chi connectivity index (χ0n) is 11.1. The number of carbonyl (C=O) groups excluding carboxylic acids is 1. The van der Waals surface area contributed by atoms with E-state index in [9.17, 15) is 4.79 Å². The Balaban J connectivity index is 0.000000217. The molecule has 7 heteroatoms. The van der Waals surface area contributed by atoms with Crippen LogP contribution in [-0.2, 0) is 4.74 Å². The van der Waals surface area contributed by atoms with Crippen LogP contribution in [0.25, 0.3) is 0 Å². The van der Waals surface area contributed by atoms with Crippen LogP contribution in [0.3, 0.4) is 0 Å². The first kappa shape index (κ1) is 17.0. The number of rotatable bonds is 2. The van der Waals surface area contributed by atoms with Gasteiger partial charge in [0.25, 0.3) is 0 Å². The fourth-order valence-electron chi connectivity index (χ4n) is 1.57. The predicted molar refractivity (Wildman–Crippen MR) is 81.2 cm³/mol. The van der Waals surface area contributed by atoms with Crippen molar-refractivity contribution in [3.8, 4) is 0 Å². The summed E-state index contributed by atoms with van der Waals surface area (Å²) in [7, 11) is 0. The lowest BCUT2D eigenvalue weighted by molar-refractivity contribution is 0.123. The summed E-state index contributed by atoms with van der Waals surface area (Å²) in [6.45, 7) is 3.77. The molecule has 20 heavy (non-hydrogen) atoms. The molecule has 2 rings (SSSR count). The Bertz CT molecular complexity index is 389. The molecule has 1 aliphatic heterocycles. The summed E-state index contributed by atoms with van der Waals surface area (Å²) < 4.78 is 5.28. The third-order valence-corrected chi connectivity index (χ3v) is 3.35. The Morgan fingerprint density at radius 1 is 1.40 bits per heavy atom. The van der Waals surface area contributed by atoms with Gasteiger partial charge in [-0.05, 0) is 12.1 Å². The second-order valence-electron chi connectivity index (χ2n) is 4.30. The molecular formula is C13H19Cl2N3O2. The Labute approximate surface area is 128 Å². The molecule has 1 aliphatic rings. The zero-order valence-corrected chi connectivity index (χ0v) is 12.6. The van der Waals surface area contributed by atoms with E-state index in [2.05, 4.69) is 10.6 Å². The van der Waals surface area contributed by atoms with Crippen molar-refractivity contribution in [1.29, 1.82) is 0 Å². The third-order valence-electron chi connectivity index (χ3n) is 2.60. The van der Waals surface area contributed by atoms with Gasteiger partial charge in [-0.15, -0.1) is 0 Å². The number of hydrogen-bond acceptors (Lipinski definition) is 3. The minimum absolute atomic E-state index is 0.333. The normalized spacial score (nSPS) is 18.4. The van der Waals surface area contributed by atoms with Gasteiger partial charge in [0.15, 0.2) is 0 Å². The van der Waals surface area contributed by atoms with Crippen LogP contribution >= 0.6 is 23.2 Å². The molecule has 4 N–H and O–H groups in total. The monoisotopic (exact) mass is 319 g/mol. The molecule has 0 bridgehead atoms. The number of carbonyl (C=O) groups is 1. The molecule has 1 heterocycles. The van der Waals surface area contributed by atoms with Gasteiger partial charge in [-0.3, -0.25) is 0 Å². The molecule has 1 aromatic carbocycles. The first-order chi connectivity index (χ1) is 9.59. The minimum atomic E-state index is -0.473. The minimum Gasteiger partial charge on any atom is -0.380 e. The topological polar surface area (TPSA) is 76.4 Å². The van der Waals surface area contributed by atoms with Crippen molar-refractivity contribution >= 4 is 29.2 Å². The van der Waals surface area contributed by atoms with Crippen molar-refractivity contribution in [3.63, 3.8) is 0 Å². The molecule has 1 saturated heterocycles. The van der Waals surface area contributed by atoms with Crippen molar-refractivity contribution in [2.75, 3.05) is 32.8 Å². The molecule has 1 unspecified atom stereocenters. The summed E-state index contributed by atoms with van der Waals surface area (Å²) >= 11 is 11.2. The van der Waals surface area contributed by atoms with Crippen molar-refractivity contribution < 1.29 is 9.53 Å². The molecule has 112 valence electrons. The van der Waals surface area contributed by atoms with E-state index in [-0.39, 0.29) is 0 Å². The van der Waals surface area contributed by atoms with Gasteiger partial charge in [0, 0.05) is 25.6 Å². The molecule has 0 spiro atoms. The Hall–Kier alpha value is -1.01. The van der Waals surface area contributed by atoms with Crippen molar-refractivity contribution in [2.45, 2.75) is 0 Å². The lowest BCUT2D eigenvalue weighted by Gasteiger charge is -2.12. The predicted octanol–water partition coefficient (Wildman–Crippen LogP) is 1.88. The number of urea groups is 1. The highest BCUT2D eigenvalue weighted by molar-refractivity contribution is 6.41. The standard InChI is InChI=1S/C7H15N3O2.C6H4Cl2/c8-7(11)10-4-6-3-9-1-2-12-5-6;7-5-3-1-2-4-6(5)8/h6,9H,1-5H2,(H3,8,10,11);1-4H. The van der Waals surface area contributed by atoms with Crippen LogP contribution in [0.5, 0.6) is 0 Å². The second-order valence-corrected chi connectivity index (χ2v) is 5.12. The fraction of sp³-hybridized carbons (Fsp3) is 0.462. The molecular weight excluding hydrogens is 301 g/mol. The summed E-state index contributed by atoms with van der Waals surface area (Å²) in [4.78, 5) is 10.4. The van der Waals surface area contributed by atoms with Gasteiger partial charge in [-0.25, -0.2) is 4.79 Å². The number of benzene rings is 1. The molecule has 0 radical (unpaired) electrons. The van der Waals surface area contributed by atoms with Crippen molar-refractivity contribution in [1.82, 2.24) is 10.6 Å². The van der Waals surface area contributed by atoms with E-state index < -0.39 is 6.03 Å². The first-order valence-electron chi connectivity index (χ1n) is 6.31. The highest BCUT2D eigenvalue weighted by Crippen LogP contribution is 2.19. The van der Waals surface area contributed by atoms with Crippen LogP contribution in [0.2, 0.25) is 10.0 Å². The first-order valence-corrected chi connectivity index (χ1v) is 7.07. The van der Waals surface area contributed by atoms with Gasteiger partial charge in [-0.1, -0.05) is 35.3 Å². The van der Waals surface area contributed by atoms with Gasteiger partial charge in [0.2, 0.25) is 0 Å². The lowest BCUT2D eigenvalue weighted by Crippen LogP contribution is -2.37. The maximum absolute atomic E-state index is 10.4. The van der Waals surface area contributed by atoms with Crippen LogP contribution < -0.4 is 16.4 Å². The summed E-state index contributed by atoms with van der Waals surface area (Å²) in [5, 5.41) is 6.98. The van der Waals surface area contributed by atoms with Gasteiger partial charge >= 0.3 is 6.03 Å². The van der Waals surface area contributed by atoms with Crippen LogP contribution in [0.4, 0.5) is 4.79 Å². The van der Waals surface area contributed by atoms with Crippen LogP contribution in [0.15, 0.2) is 24.3 Å². The smallest absolute Gasteiger partial charge is 0.312 e. The van der Waals surface area contributed by atoms with E-state index in [1.54, 1.807) is 12.1 Å². The van der Waals surface area contributed by atoms with E-state index in [1.165, 1.54) is 0 Å².